The molecule has 0 aromatic heterocycles. The van der Waals surface area contributed by atoms with E-state index in [0.29, 0.717) is 18.7 Å². The van der Waals surface area contributed by atoms with Gasteiger partial charge >= 0.3 is 6.18 Å². The highest BCUT2D eigenvalue weighted by Crippen LogP contribution is 2.37. The average Bonchev–Trinajstić information content (AvgIpc) is 2.38. The maximum atomic E-state index is 13.1. The molecule has 2 N–H and O–H groups in total. The molecule has 0 heterocycles. The van der Waals surface area contributed by atoms with Gasteiger partial charge in [0.05, 0.1) is 5.56 Å². The molecule has 0 spiro atoms. The number of rotatable bonds is 4. The Kier molecular flexibility index (Phi) is 5.17. The zero-order valence-corrected chi connectivity index (χ0v) is 11.7. The third kappa shape index (κ3) is 3.59. The Hall–Kier alpha value is -1.30. The van der Waals surface area contributed by atoms with Gasteiger partial charge in [-0.1, -0.05) is 6.07 Å². The maximum Gasteiger partial charge on any atom is 0.418 e. The van der Waals surface area contributed by atoms with E-state index in [1.54, 1.807) is 11.0 Å². The first-order valence-electron chi connectivity index (χ1n) is 5.91. The van der Waals surface area contributed by atoms with Gasteiger partial charge in [0, 0.05) is 24.5 Å². The van der Waals surface area contributed by atoms with E-state index < -0.39 is 11.7 Å². The van der Waals surface area contributed by atoms with E-state index in [4.69, 9.17) is 5.73 Å². The Labute approximate surface area is 116 Å². The summed E-state index contributed by atoms with van der Waals surface area (Å²) in [6.07, 6.45) is -4.41. The minimum Gasteiger partial charge on any atom is -0.398 e. The van der Waals surface area contributed by atoms with Crippen molar-refractivity contribution >= 4 is 24.0 Å². The molecule has 0 saturated carbocycles. The molecule has 0 saturated heterocycles. The van der Waals surface area contributed by atoms with Crippen molar-refractivity contribution in [2.24, 2.45) is 5.73 Å². The van der Waals surface area contributed by atoms with Gasteiger partial charge in [-0.15, -0.1) is 12.6 Å². The Morgan fingerprint density at radius 1 is 1.32 bits per heavy atom. The third-order valence-corrected chi connectivity index (χ3v) is 3.16. The topological polar surface area (TPSA) is 29.3 Å². The first-order valence-corrected chi connectivity index (χ1v) is 6.43. The van der Waals surface area contributed by atoms with Crippen molar-refractivity contribution in [1.29, 1.82) is 0 Å². The Bertz CT molecular complexity index is 465. The van der Waals surface area contributed by atoms with E-state index in [1.807, 2.05) is 13.8 Å². The molecule has 0 amide bonds. The SMILES string of the molecule is CCN(CC)c1ccc(/C(N)=C/S)cc1C(F)(F)F. The number of benzene rings is 1. The van der Waals surface area contributed by atoms with Crippen LogP contribution in [0.25, 0.3) is 5.70 Å². The summed E-state index contributed by atoms with van der Waals surface area (Å²) < 4.78 is 39.4. The molecule has 19 heavy (non-hydrogen) atoms. The molecular formula is C13H17F3N2S. The molecular weight excluding hydrogens is 273 g/mol. The number of anilines is 1. The van der Waals surface area contributed by atoms with Crippen LogP contribution in [-0.4, -0.2) is 13.1 Å². The summed E-state index contributed by atoms with van der Waals surface area (Å²) in [7, 11) is 0. The summed E-state index contributed by atoms with van der Waals surface area (Å²) in [5.41, 5.74) is 5.63. The summed E-state index contributed by atoms with van der Waals surface area (Å²) in [5.74, 6) is 0. The van der Waals surface area contributed by atoms with Gasteiger partial charge in [0.15, 0.2) is 0 Å². The van der Waals surface area contributed by atoms with Gasteiger partial charge in [0.1, 0.15) is 0 Å². The molecule has 0 atom stereocenters. The maximum absolute atomic E-state index is 13.1. The fourth-order valence-corrected chi connectivity index (χ4v) is 2.01. The van der Waals surface area contributed by atoms with Crippen LogP contribution in [0.1, 0.15) is 25.0 Å². The Balaban J connectivity index is 3.41. The lowest BCUT2D eigenvalue weighted by atomic mass is 10.1. The van der Waals surface area contributed by atoms with Crippen LogP contribution in [0.15, 0.2) is 23.6 Å². The van der Waals surface area contributed by atoms with Crippen molar-refractivity contribution in [1.82, 2.24) is 0 Å². The van der Waals surface area contributed by atoms with Gasteiger partial charge < -0.3 is 10.6 Å². The molecule has 0 unspecified atom stereocenters. The van der Waals surface area contributed by atoms with E-state index in [-0.39, 0.29) is 11.4 Å². The number of hydrogen-bond donors (Lipinski definition) is 2. The number of alkyl halides is 3. The molecule has 0 aliphatic rings. The summed E-state index contributed by atoms with van der Waals surface area (Å²) in [6, 6.07) is 4.09. The smallest absolute Gasteiger partial charge is 0.398 e. The van der Waals surface area contributed by atoms with Crippen LogP contribution in [0.3, 0.4) is 0 Å². The quantitative estimate of drug-likeness (QED) is 0.827. The standard InChI is InChI=1S/C13H17F3N2S/c1-3-18(4-2)12-6-5-9(11(17)8-19)7-10(12)13(14,15)16/h5-8,19H,3-4,17H2,1-2H3/b11-8-. The van der Waals surface area contributed by atoms with Crippen LogP contribution in [0.5, 0.6) is 0 Å². The van der Waals surface area contributed by atoms with E-state index >= 15 is 0 Å². The summed E-state index contributed by atoms with van der Waals surface area (Å²) in [6.45, 7) is 4.66. The Morgan fingerprint density at radius 3 is 2.32 bits per heavy atom. The van der Waals surface area contributed by atoms with Crippen molar-refractivity contribution in [2.45, 2.75) is 20.0 Å². The molecule has 0 aliphatic carbocycles. The highest BCUT2D eigenvalue weighted by Gasteiger charge is 2.35. The van der Waals surface area contributed by atoms with E-state index in [0.717, 1.165) is 6.07 Å². The summed E-state index contributed by atoms with van der Waals surface area (Å²) >= 11 is 3.86. The first kappa shape index (κ1) is 15.8. The van der Waals surface area contributed by atoms with Gasteiger partial charge in [-0.3, -0.25) is 0 Å². The van der Waals surface area contributed by atoms with Gasteiger partial charge in [0.2, 0.25) is 0 Å². The fourth-order valence-electron chi connectivity index (χ4n) is 1.86. The molecule has 0 bridgehead atoms. The molecule has 1 aromatic rings. The monoisotopic (exact) mass is 290 g/mol. The van der Waals surface area contributed by atoms with Gasteiger partial charge in [0.25, 0.3) is 0 Å². The fraction of sp³-hybridized carbons (Fsp3) is 0.385. The second kappa shape index (κ2) is 6.23. The Morgan fingerprint density at radius 2 is 1.89 bits per heavy atom. The van der Waals surface area contributed by atoms with Gasteiger partial charge in [-0.25, -0.2) is 0 Å². The molecule has 106 valence electrons. The number of nitrogens with zero attached hydrogens (tertiary/aromatic N) is 1. The van der Waals surface area contributed by atoms with E-state index in [9.17, 15) is 13.2 Å². The third-order valence-electron chi connectivity index (χ3n) is 2.88. The number of hydrogen-bond acceptors (Lipinski definition) is 3. The zero-order chi connectivity index (χ0) is 14.6. The minimum absolute atomic E-state index is 0.174. The van der Waals surface area contributed by atoms with Crippen LogP contribution in [0.4, 0.5) is 18.9 Å². The van der Waals surface area contributed by atoms with Crippen LogP contribution < -0.4 is 10.6 Å². The lowest BCUT2D eigenvalue weighted by Gasteiger charge is -2.25. The van der Waals surface area contributed by atoms with E-state index in [1.165, 1.54) is 11.5 Å². The molecule has 0 aliphatic heterocycles. The minimum atomic E-state index is -4.41. The van der Waals surface area contributed by atoms with E-state index in [2.05, 4.69) is 12.6 Å². The highest BCUT2D eigenvalue weighted by molar-refractivity contribution is 7.83. The van der Waals surface area contributed by atoms with Crippen LogP contribution in [-0.2, 0) is 6.18 Å². The lowest BCUT2D eigenvalue weighted by Crippen LogP contribution is -2.25. The second-order valence-corrected chi connectivity index (χ2v) is 4.24. The van der Waals surface area contributed by atoms with Crippen LogP contribution in [0.2, 0.25) is 0 Å². The van der Waals surface area contributed by atoms with Gasteiger partial charge in [-0.2, -0.15) is 13.2 Å². The normalized spacial score (nSPS) is 12.6. The number of halogens is 3. The molecule has 0 fully saturated rings. The van der Waals surface area contributed by atoms with Crippen molar-refractivity contribution in [3.8, 4) is 0 Å². The molecule has 2 nitrogen and oxygen atoms in total. The first-order chi connectivity index (χ1) is 8.85. The predicted molar refractivity (Wildman–Crippen MR) is 76.2 cm³/mol. The summed E-state index contributed by atoms with van der Waals surface area (Å²) in [5, 5.41) is 1.28. The molecule has 0 radical (unpaired) electrons. The van der Waals surface area contributed by atoms with Crippen LogP contribution in [0, 0.1) is 0 Å². The molecule has 6 heteroatoms. The van der Waals surface area contributed by atoms with Crippen molar-refractivity contribution in [3.05, 3.63) is 34.7 Å². The largest absolute Gasteiger partial charge is 0.418 e. The van der Waals surface area contributed by atoms with Crippen molar-refractivity contribution in [3.63, 3.8) is 0 Å². The number of nitrogens with two attached hydrogens (primary N) is 1. The molecule has 1 aromatic carbocycles. The average molecular weight is 290 g/mol. The lowest BCUT2D eigenvalue weighted by molar-refractivity contribution is -0.137. The highest BCUT2D eigenvalue weighted by atomic mass is 32.1. The summed E-state index contributed by atoms with van der Waals surface area (Å²) in [4.78, 5) is 1.66. The van der Waals surface area contributed by atoms with Crippen molar-refractivity contribution < 1.29 is 13.2 Å². The zero-order valence-electron chi connectivity index (χ0n) is 10.8. The van der Waals surface area contributed by atoms with Crippen LogP contribution >= 0.6 is 12.6 Å². The van der Waals surface area contributed by atoms with Gasteiger partial charge in [-0.05, 0) is 37.0 Å². The predicted octanol–water partition coefficient (Wildman–Crippen LogP) is 3.74. The van der Waals surface area contributed by atoms with Crippen molar-refractivity contribution in [2.75, 3.05) is 18.0 Å². The molecule has 1 rings (SSSR count). The number of thiol groups is 1. The second-order valence-electron chi connectivity index (χ2n) is 3.99.